The lowest BCUT2D eigenvalue weighted by Gasteiger charge is -2.16. The Hall–Kier alpha value is -1.69. The van der Waals surface area contributed by atoms with Crippen molar-refractivity contribution in [3.05, 3.63) is 29.3 Å². The quantitative estimate of drug-likeness (QED) is 0.625. The van der Waals surface area contributed by atoms with Crippen molar-refractivity contribution in [3.63, 3.8) is 0 Å². The number of nitrogens with two attached hydrogens (primary N) is 1. The van der Waals surface area contributed by atoms with E-state index in [2.05, 4.69) is 0 Å². The molecule has 0 saturated carbocycles. The summed E-state index contributed by atoms with van der Waals surface area (Å²) in [7, 11) is 1.58. The summed E-state index contributed by atoms with van der Waals surface area (Å²) in [5.41, 5.74) is 1.43. The molecule has 4 nitrogen and oxygen atoms in total. The largest absolute Gasteiger partial charge is 0.342 e. The highest BCUT2D eigenvalue weighted by Crippen LogP contribution is 2.20. The van der Waals surface area contributed by atoms with Crippen molar-refractivity contribution in [3.8, 4) is 0 Å². The summed E-state index contributed by atoms with van der Waals surface area (Å²) in [6, 6.07) is 1.93. The van der Waals surface area contributed by atoms with Crippen LogP contribution < -0.4 is 11.3 Å². The molecule has 0 aliphatic heterocycles. The second-order valence-corrected chi connectivity index (χ2v) is 3.69. The first-order chi connectivity index (χ1) is 8.01. The van der Waals surface area contributed by atoms with Gasteiger partial charge in [0.2, 0.25) is 0 Å². The van der Waals surface area contributed by atoms with Gasteiger partial charge < -0.3 is 10.3 Å². The second kappa shape index (κ2) is 5.58. The fraction of sp³-hybridized carbons (Fsp3) is 0.364. The highest BCUT2D eigenvalue weighted by molar-refractivity contribution is 5.94. The van der Waals surface area contributed by atoms with E-state index in [-0.39, 0.29) is 5.56 Å². The minimum atomic E-state index is -0.888. The van der Waals surface area contributed by atoms with Crippen molar-refractivity contribution in [2.75, 3.05) is 19.0 Å². The predicted molar refractivity (Wildman–Crippen MR) is 61.4 cm³/mol. The number of benzene rings is 1. The zero-order valence-corrected chi connectivity index (χ0v) is 9.76. The monoisotopic (exact) mass is 243 g/mol. The van der Waals surface area contributed by atoms with Crippen molar-refractivity contribution in [2.45, 2.75) is 13.3 Å². The van der Waals surface area contributed by atoms with Crippen LogP contribution in [0.25, 0.3) is 0 Å². The van der Waals surface area contributed by atoms with E-state index in [0.717, 1.165) is 18.6 Å². The van der Waals surface area contributed by atoms with Crippen LogP contribution in [0, 0.1) is 11.6 Å². The zero-order valence-electron chi connectivity index (χ0n) is 9.76. The number of hydrogen-bond donors (Lipinski definition) is 2. The van der Waals surface area contributed by atoms with Gasteiger partial charge in [-0.15, -0.1) is 0 Å². The number of halogens is 2. The number of nitrogen functional groups attached to an aromatic ring is 1. The summed E-state index contributed by atoms with van der Waals surface area (Å²) in [6.45, 7) is 2.44. The average Bonchev–Trinajstić information content (AvgIpc) is 2.27. The van der Waals surface area contributed by atoms with Gasteiger partial charge in [-0.25, -0.2) is 8.78 Å². The summed E-state index contributed by atoms with van der Waals surface area (Å²) < 4.78 is 26.7. The molecule has 6 heteroatoms. The number of carbonyl (C=O) groups is 1. The van der Waals surface area contributed by atoms with Crippen LogP contribution in [0.4, 0.5) is 14.5 Å². The van der Waals surface area contributed by atoms with E-state index in [1.807, 2.05) is 12.3 Å². The van der Waals surface area contributed by atoms with E-state index in [0.29, 0.717) is 6.54 Å². The van der Waals surface area contributed by atoms with Crippen LogP contribution in [0.3, 0.4) is 0 Å². The summed E-state index contributed by atoms with van der Waals surface area (Å²) in [5.74, 6) is 2.76. The van der Waals surface area contributed by atoms with Gasteiger partial charge in [-0.2, -0.15) is 0 Å². The Morgan fingerprint density at radius 1 is 1.41 bits per heavy atom. The molecule has 1 rings (SSSR count). The third-order valence-corrected chi connectivity index (χ3v) is 2.34. The maximum Gasteiger partial charge on any atom is 0.253 e. The predicted octanol–water partition coefficient (Wildman–Crippen LogP) is 1.73. The number of nitrogens with zero attached hydrogens (tertiary/aromatic N) is 1. The van der Waals surface area contributed by atoms with Gasteiger partial charge in [0.25, 0.3) is 5.91 Å². The van der Waals surface area contributed by atoms with E-state index in [1.165, 1.54) is 4.90 Å². The number of carbonyl (C=O) groups excluding carboxylic acids is 1. The van der Waals surface area contributed by atoms with Crippen molar-refractivity contribution >= 4 is 11.6 Å². The normalized spacial score (nSPS) is 10.2. The van der Waals surface area contributed by atoms with Gasteiger partial charge in [0.05, 0.1) is 0 Å². The highest BCUT2D eigenvalue weighted by Gasteiger charge is 2.16. The SMILES string of the molecule is CCCN(C)C(=O)c1cc(F)c(NN)c(F)c1. The smallest absolute Gasteiger partial charge is 0.253 e. The maximum atomic E-state index is 13.4. The Morgan fingerprint density at radius 3 is 2.35 bits per heavy atom. The maximum absolute atomic E-state index is 13.4. The summed E-state index contributed by atoms with van der Waals surface area (Å²) in [6.07, 6.45) is 0.773. The van der Waals surface area contributed by atoms with Crippen LogP contribution in [-0.2, 0) is 0 Å². The molecule has 3 N–H and O–H groups in total. The molecule has 0 fully saturated rings. The number of nitrogens with one attached hydrogen (secondary N) is 1. The molecule has 0 radical (unpaired) electrons. The molecule has 0 aliphatic carbocycles. The van der Waals surface area contributed by atoms with Crippen LogP contribution >= 0.6 is 0 Å². The molecule has 94 valence electrons. The van der Waals surface area contributed by atoms with Crippen LogP contribution in [0.1, 0.15) is 23.7 Å². The van der Waals surface area contributed by atoms with E-state index in [9.17, 15) is 13.6 Å². The molecular weight excluding hydrogens is 228 g/mol. The third kappa shape index (κ3) is 2.91. The van der Waals surface area contributed by atoms with Gasteiger partial charge in [0.1, 0.15) is 5.69 Å². The average molecular weight is 243 g/mol. The molecule has 0 unspecified atom stereocenters. The molecule has 1 aromatic carbocycles. The standard InChI is InChI=1S/C11H15F2N3O/c1-3-4-16(2)11(17)7-5-8(12)10(15-14)9(13)6-7/h5-6,15H,3-4,14H2,1-2H3. The molecule has 0 heterocycles. The Bertz CT molecular complexity index is 400. The molecule has 17 heavy (non-hydrogen) atoms. The van der Waals surface area contributed by atoms with E-state index >= 15 is 0 Å². The summed E-state index contributed by atoms with van der Waals surface area (Å²) >= 11 is 0. The first-order valence-electron chi connectivity index (χ1n) is 5.22. The summed E-state index contributed by atoms with van der Waals surface area (Å²) in [4.78, 5) is 13.2. The fourth-order valence-electron chi connectivity index (χ4n) is 1.49. The molecule has 0 saturated heterocycles. The Labute approximate surface area is 98.4 Å². The minimum Gasteiger partial charge on any atom is -0.342 e. The number of hydrogen-bond acceptors (Lipinski definition) is 3. The Balaban J connectivity index is 3.04. The van der Waals surface area contributed by atoms with Crippen LogP contribution in [0.15, 0.2) is 12.1 Å². The Morgan fingerprint density at radius 2 is 1.94 bits per heavy atom. The molecule has 1 aromatic rings. The van der Waals surface area contributed by atoms with Gasteiger partial charge in [0.15, 0.2) is 11.6 Å². The van der Waals surface area contributed by atoms with Gasteiger partial charge in [-0.1, -0.05) is 6.92 Å². The topological polar surface area (TPSA) is 58.4 Å². The number of amides is 1. The molecular formula is C11H15F2N3O. The van der Waals surface area contributed by atoms with Crippen LogP contribution in [0.2, 0.25) is 0 Å². The fourth-order valence-corrected chi connectivity index (χ4v) is 1.49. The lowest BCUT2D eigenvalue weighted by molar-refractivity contribution is 0.0794. The molecule has 0 atom stereocenters. The van der Waals surface area contributed by atoms with Crippen molar-refractivity contribution < 1.29 is 13.6 Å². The van der Waals surface area contributed by atoms with Gasteiger partial charge in [0, 0.05) is 19.2 Å². The minimum absolute atomic E-state index is 0.0325. The van der Waals surface area contributed by atoms with Crippen molar-refractivity contribution in [2.24, 2.45) is 5.84 Å². The first-order valence-corrected chi connectivity index (χ1v) is 5.22. The number of rotatable bonds is 4. The molecule has 0 aliphatic rings. The summed E-state index contributed by atoms with van der Waals surface area (Å²) in [5, 5.41) is 0. The van der Waals surface area contributed by atoms with Gasteiger partial charge >= 0.3 is 0 Å². The lowest BCUT2D eigenvalue weighted by atomic mass is 10.1. The van der Waals surface area contributed by atoms with Crippen LogP contribution in [0.5, 0.6) is 0 Å². The van der Waals surface area contributed by atoms with Crippen LogP contribution in [-0.4, -0.2) is 24.4 Å². The zero-order chi connectivity index (χ0) is 13.0. The van der Waals surface area contributed by atoms with E-state index in [1.54, 1.807) is 7.05 Å². The van der Waals surface area contributed by atoms with Crippen molar-refractivity contribution in [1.82, 2.24) is 4.90 Å². The highest BCUT2D eigenvalue weighted by atomic mass is 19.1. The molecule has 0 spiro atoms. The Kier molecular flexibility index (Phi) is 4.39. The first kappa shape index (κ1) is 13.4. The molecule has 1 amide bonds. The molecule has 0 aromatic heterocycles. The lowest BCUT2D eigenvalue weighted by Crippen LogP contribution is -2.27. The van der Waals surface area contributed by atoms with Gasteiger partial charge in [-0.05, 0) is 18.6 Å². The van der Waals surface area contributed by atoms with E-state index in [4.69, 9.17) is 5.84 Å². The number of hydrazine groups is 1. The molecule has 0 bridgehead atoms. The number of anilines is 1. The van der Waals surface area contributed by atoms with Crippen molar-refractivity contribution in [1.29, 1.82) is 0 Å². The third-order valence-electron chi connectivity index (χ3n) is 2.34. The second-order valence-electron chi connectivity index (χ2n) is 3.69. The van der Waals surface area contributed by atoms with E-state index < -0.39 is 23.2 Å². The van der Waals surface area contributed by atoms with Gasteiger partial charge in [-0.3, -0.25) is 10.6 Å².